The van der Waals surface area contributed by atoms with Gasteiger partial charge in [0.25, 0.3) is 0 Å². The van der Waals surface area contributed by atoms with Gasteiger partial charge in [-0.05, 0) is 38.3 Å². The van der Waals surface area contributed by atoms with Crippen LogP contribution < -0.4 is 15.0 Å². The molecular formula is C20H23FN6O2. The number of amides is 1. The Kier molecular flexibility index (Phi) is 5.55. The highest BCUT2D eigenvalue weighted by molar-refractivity contribution is 5.54. The summed E-state index contributed by atoms with van der Waals surface area (Å²) < 4.78 is 21.6. The number of nitrogens with one attached hydrogen (secondary N) is 1. The lowest BCUT2D eigenvalue weighted by Crippen LogP contribution is -2.25. The number of halogens is 1. The maximum atomic E-state index is 14.0. The average Bonchev–Trinajstić information content (AvgIpc) is 3.36. The third-order valence-electron chi connectivity index (χ3n) is 5.07. The van der Waals surface area contributed by atoms with Crippen LogP contribution in [0.2, 0.25) is 0 Å². The minimum Gasteiger partial charge on any atom is -0.477 e. The first-order valence-corrected chi connectivity index (χ1v) is 9.70. The molecule has 0 bridgehead atoms. The minimum atomic E-state index is -0.392. The summed E-state index contributed by atoms with van der Waals surface area (Å²) in [4.78, 5) is 21.5. The second kappa shape index (κ2) is 8.42. The number of hydrogen-bond acceptors (Lipinski definition) is 6. The molecule has 1 aliphatic heterocycles. The van der Waals surface area contributed by atoms with E-state index in [2.05, 4.69) is 20.3 Å². The predicted molar refractivity (Wildman–Crippen MR) is 105 cm³/mol. The van der Waals surface area contributed by atoms with Crippen molar-refractivity contribution in [3.05, 3.63) is 47.7 Å². The zero-order valence-corrected chi connectivity index (χ0v) is 16.2. The summed E-state index contributed by atoms with van der Waals surface area (Å²) in [6.45, 7) is 3.70. The molecule has 1 fully saturated rings. The van der Waals surface area contributed by atoms with Crippen molar-refractivity contribution in [1.29, 1.82) is 0 Å². The van der Waals surface area contributed by atoms with E-state index in [9.17, 15) is 9.18 Å². The lowest BCUT2D eigenvalue weighted by Gasteiger charge is -2.27. The van der Waals surface area contributed by atoms with Crippen LogP contribution in [0.1, 0.15) is 36.4 Å². The van der Waals surface area contributed by atoms with Crippen LogP contribution in [0.25, 0.3) is 5.65 Å². The molecule has 1 N–H and O–H groups in total. The fourth-order valence-corrected chi connectivity index (χ4v) is 3.70. The van der Waals surface area contributed by atoms with Crippen LogP contribution in [0.5, 0.6) is 5.88 Å². The number of carbonyl (C=O) groups excluding carboxylic acids is 1. The van der Waals surface area contributed by atoms with Crippen molar-refractivity contribution in [2.45, 2.75) is 32.2 Å². The van der Waals surface area contributed by atoms with Crippen molar-refractivity contribution < 1.29 is 13.9 Å². The number of nitrogens with zero attached hydrogens (tertiary/aromatic N) is 5. The van der Waals surface area contributed by atoms with Gasteiger partial charge in [-0.25, -0.2) is 18.9 Å². The van der Waals surface area contributed by atoms with E-state index in [1.165, 1.54) is 12.3 Å². The van der Waals surface area contributed by atoms with Crippen LogP contribution in [0.4, 0.5) is 10.2 Å². The summed E-state index contributed by atoms with van der Waals surface area (Å²) in [5.74, 6) is 0.863. The molecule has 0 radical (unpaired) electrons. The number of pyridine rings is 1. The largest absolute Gasteiger partial charge is 0.477 e. The smallest absolute Gasteiger partial charge is 0.218 e. The fraction of sp³-hybridized carbons (Fsp3) is 0.400. The molecule has 0 saturated carbocycles. The summed E-state index contributed by atoms with van der Waals surface area (Å²) in [5, 5.41) is 6.87. The van der Waals surface area contributed by atoms with Gasteiger partial charge < -0.3 is 15.0 Å². The van der Waals surface area contributed by atoms with Gasteiger partial charge in [-0.1, -0.05) is 0 Å². The van der Waals surface area contributed by atoms with Gasteiger partial charge in [0.1, 0.15) is 11.6 Å². The Morgan fingerprint density at radius 3 is 3.17 bits per heavy atom. The molecule has 3 aromatic rings. The van der Waals surface area contributed by atoms with E-state index in [-0.39, 0.29) is 6.04 Å². The first-order valence-electron chi connectivity index (χ1n) is 9.70. The third-order valence-corrected chi connectivity index (χ3v) is 5.07. The van der Waals surface area contributed by atoms with Gasteiger partial charge in [0.05, 0.1) is 25.0 Å². The number of fused-ring (bicyclic) bond motifs is 1. The normalized spacial score (nSPS) is 16.3. The summed E-state index contributed by atoms with van der Waals surface area (Å²) in [6, 6.07) is 3.35. The number of aryl methyl sites for hydroxylation is 1. The Hall–Kier alpha value is -3.23. The van der Waals surface area contributed by atoms with Crippen LogP contribution in [0.15, 0.2) is 30.7 Å². The summed E-state index contributed by atoms with van der Waals surface area (Å²) in [5.41, 5.74) is 2.53. The highest BCUT2D eigenvalue weighted by Gasteiger charge is 2.31. The number of carbonyl (C=O) groups is 1. The number of aromatic nitrogens is 4. The van der Waals surface area contributed by atoms with Gasteiger partial charge in [0.2, 0.25) is 12.3 Å². The van der Waals surface area contributed by atoms with Crippen molar-refractivity contribution in [1.82, 2.24) is 24.9 Å². The van der Waals surface area contributed by atoms with Crippen LogP contribution >= 0.6 is 0 Å². The molecule has 0 unspecified atom stereocenters. The molecule has 29 heavy (non-hydrogen) atoms. The van der Waals surface area contributed by atoms with Crippen molar-refractivity contribution in [2.75, 3.05) is 24.6 Å². The number of ether oxygens (including phenoxy) is 1. The lowest BCUT2D eigenvalue weighted by molar-refractivity contribution is -0.109. The standard InChI is InChI=1S/C20H23FN6O2/c1-14-11-24-27-8-5-18(25-19(14)27)26-7-2-4-17(26)16-10-15(21)12-23-20(16)29-9-3-6-22-13-28/h5,8,10-13,17H,2-4,6-7,9H2,1H3,(H,22,28)/t17-/m1/s1. The van der Waals surface area contributed by atoms with Gasteiger partial charge in [0, 0.05) is 30.4 Å². The Bertz CT molecular complexity index is 1010. The lowest BCUT2D eigenvalue weighted by atomic mass is 10.1. The fourth-order valence-electron chi connectivity index (χ4n) is 3.70. The molecule has 4 rings (SSSR count). The first-order chi connectivity index (χ1) is 14.2. The van der Waals surface area contributed by atoms with E-state index in [0.717, 1.165) is 42.0 Å². The van der Waals surface area contributed by atoms with E-state index < -0.39 is 5.82 Å². The topological polar surface area (TPSA) is 84.6 Å². The predicted octanol–water partition coefficient (Wildman–Crippen LogP) is 2.43. The third kappa shape index (κ3) is 3.98. The van der Waals surface area contributed by atoms with E-state index in [0.29, 0.717) is 31.9 Å². The van der Waals surface area contributed by atoms with Gasteiger partial charge in [-0.3, -0.25) is 4.79 Å². The monoisotopic (exact) mass is 398 g/mol. The Morgan fingerprint density at radius 2 is 2.31 bits per heavy atom. The second-order valence-electron chi connectivity index (χ2n) is 7.05. The van der Waals surface area contributed by atoms with E-state index in [4.69, 9.17) is 9.72 Å². The highest BCUT2D eigenvalue weighted by Crippen LogP contribution is 2.39. The Balaban J connectivity index is 1.59. The Labute approximate surface area is 167 Å². The zero-order valence-electron chi connectivity index (χ0n) is 16.2. The van der Waals surface area contributed by atoms with Crippen LogP contribution in [-0.4, -0.2) is 45.7 Å². The molecule has 0 spiro atoms. The highest BCUT2D eigenvalue weighted by atomic mass is 19.1. The summed E-state index contributed by atoms with van der Waals surface area (Å²) in [7, 11) is 0. The molecule has 0 aliphatic carbocycles. The van der Waals surface area contributed by atoms with E-state index in [1.807, 2.05) is 19.2 Å². The van der Waals surface area contributed by atoms with Crippen LogP contribution in [-0.2, 0) is 4.79 Å². The van der Waals surface area contributed by atoms with Crippen molar-refractivity contribution in [3.8, 4) is 5.88 Å². The maximum absolute atomic E-state index is 14.0. The number of anilines is 1. The molecule has 0 aromatic carbocycles. The van der Waals surface area contributed by atoms with Gasteiger partial charge in [0.15, 0.2) is 5.65 Å². The molecule has 1 amide bonds. The average molecular weight is 398 g/mol. The van der Waals surface area contributed by atoms with Gasteiger partial charge in [-0.2, -0.15) is 5.10 Å². The van der Waals surface area contributed by atoms with Gasteiger partial charge >= 0.3 is 0 Å². The molecule has 8 nitrogen and oxygen atoms in total. The van der Waals surface area contributed by atoms with Crippen molar-refractivity contribution in [2.24, 2.45) is 0 Å². The van der Waals surface area contributed by atoms with Crippen molar-refractivity contribution >= 4 is 17.9 Å². The maximum Gasteiger partial charge on any atom is 0.218 e. The number of hydrogen-bond donors (Lipinski definition) is 1. The quantitative estimate of drug-likeness (QED) is 0.463. The molecule has 1 aliphatic rings. The number of rotatable bonds is 8. The Morgan fingerprint density at radius 1 is 1.41 bits per heavy atom. The molecule has 3 aromatic heterocycles. The first kappa shape index (κ1) is 19.1. The molecule has 9 heteroatoms. The molecule has 152 valence electrons. The molecule has 1 atom stereocenters. The van der Waals surface area contributed by atoms with Crippen molar-refractivity contribution in [3.63, 3.8) is 0 Å². The van der Waals surface area contributed by atoms with Gasteiger partial charge in [-0.15, -0.1) is 0 Å². The molecule has 1 saturated heterocycles. The summed E-state index contributed by atoms with van der Waals surface area (Å²) in [6.07, 6.45) is 7.97. The van der Waals surface area contributed by atoms with Crippen LogP contribution in [0, 0.1) is 12.7 Å². The minimum absolute atomic E-state index is 0.0699. The molecule has 4 heterocycles. The summed E-state index contributed by atoms with van der Waals surface area (Å²) >= 11 is 0. The SMILES string of the molecule is Cc1cnn2ccc(N3CCC[C@@H]3c3cc(F)cnc3OCCCNC=O)nc12. The van der Waals surface area contributed by atoms with E-state index >= 15 is 0 Å². The zero-order chi connectivity index (χ0) is 20.2. The van der Waals surface area contributed by atoms with Crippen LogP contribution in [0.3, 0.4) is 0 Å². The second-order valence-corrected chi connectivity index (χ2v) is 7.05. The molecular weight excluding hydrogens is 375 g/mol. The van der Waals surface area contributed by atoms with E-state index in [1.54, 1.807) is 10.7 Å².